The number of quaternary nitrogens is 1. The van der Waals surface area contributed by atoms with Crippen molar-refractivity contribution in [2.24, 2.45) is 0 Å². The van der Waals surface area contributed by atoms with Crippen molar-refractivity contribution < 1.29 is 14.6 Å². The predicted molar refractivity (Wildman–Crippen MR) is 88.4 cm³/mol. The summed E-state index contributed by atoms with van der Waals surface area (Å²) in [5.41, 5.74) is 2.00. The lowest BCUT2D eigenvalue weighted by Crippen LogP contribution is -3.08. The maximum absolute atomic E-state index is 12.2. The van der Waals surface area contributed by atoms with Gasteiger partial charge in [0, 0.05) is 11.6 Å². The molecule has 0 fully saturated rings. The average molecular weight is 314 g/mol. The van der Waals surface area contributed by atoms with Crippen molar-refractivity contribution in [2.45, 2.75) is 13.5 Å². The summed E-state index contributed by atoms with van der Waals surface area (Å²) >= 11 is 0. The largest absolute Gasteiger partial charge is 0.326 e. The Morgan fingerprint density at radius 1 is 1.17 bits per heavy atom. The van der Waals surface area contributed by atoms with E-state index in [1.165, 1.54) is 6.07 Å². The van der Waals surface area contributed by atoms with Crippen LogP contribution in [0.1, 0.15) is 11.1 Å². The predicted octanol–water partition coefficient (Wildman–Crippen LogP) is 1.56. The van der Waals surface area contributed by atoms with Crippen molar-refractivity contribution in [1.82, 2.24) is 0 Å². The first-order valence-corrected chi connectivity index (χ1v) is 7.36. The number of nitrogens with zero attached hydrogens (tertiary/aromatic N) is 1. The molecule has 6 nitrogen and oxygen atoms in total. The van der Waals surface area contributed by atoms with Gasteiger partial charge in [0.05, 0.1) is 12.0 Å². The van der Waals surface area contributed by atoms with Gasteiger partial charge < -0.3 is 10.2 Å². The summed E-state index contributed by atoms with van der Waals surface area (Å²) in [7, 11) is 1.92. The van der Waals surface area contributed by atoms with E-state index in [1.807, 2.05) is 37.4 Å². The van der Waals surface area contributed by atoms with Gasteiger partial charge in [-0.25, -0.2) is 0 Å². The Morgan fingerprint density at radius 2 is 1.87 bits per heavy atom. The van der Waals surface area contributed by atoms with Crippen LogP contribution in [0.25, 0.3) is 0 Å². The van der Waals surface area contributed by atoms with Crippen LogP contribution in [0.5, 0.6) is 0 Å². The lowest BCUT2D eigenvalue weighted by molar-refractivity contribution is -0.885. The molecule has 1 amide bonds. The summed E-state index contributed by atoms with van der Waals surface area (Å²) in [6, 6.07) is 14.6. The smallest absolute Gasteiger partial charge is 0.293 e. The number of nitro groups is 1. The first-order chi connectivity index (χ1) is 11.0. The third-order valence-corrected chi connectivity index (χ3v) is 3.52. The molecule has 0 spiro atoms. The normalized spacial score (nSPS) is 11.7. The van der Waals surface area contributed by atoms with Crippen molar-refractivity contribution in [1.29, 1.82) is 0 Å². The Morgan fingerprint density at radius 3 is 2.52 bits per heavy atom. The molecule has 1 unspecified atom stereocenters. The fourth-order valence-electron chi connectivity index (χ4n) is 2.43. The SMILES string of the molecule is Cc1cccc([N+](=O)[O-])c1NC(=O)C[NH+](C)Cc1ccccc1. The molecule has 120 valence electrons. The molecule has 2 N–H and O–H groups in total. The second-order valence-corrected chi connectivity index (χ2v) is 5.57. The Hall–Kier alpha value is -2.73. The number of anilines is 1. The number of benzene rings is 2. The molecule has 23 heavy (non-hydrogen) atoms. The molecule has 0 radical (unpaired) electrons. The van der Waals surface area contributed by atoms with E-state index in [0.29, 0.717) is 12.1 Å². The molecule has 6 heteroatoms. The summed E-state index contributed by atoms with van der Waals surface area (Å²) in [5.74, 6) is -0.240. The zero-order valence-corrected chi connectivity index (χ0v) is 13.2. The fourth-order valence-corrected chi connectivity index (χ4v) is 2.43. The van der Waals surface area contributed by atoms with Crippen LogP contribution in [-0.2, 0) is 11.3 Å². The molecule has 2 aromatic rings. The summed E-state index contributed by atoms with van der Waals surface area (Å²) < 4.78 is 0. The van der Waals surface area contributed by atoms with Crippen LogP contribution in [0.4, 0.5) is 11.4 Å². The summed E-state index contributed by atoms with van der Waals surface area (Å²) in [4.78, 5) is 23.8. The molecule has 0 aliphatic carbocycles. The number of nitro benzene ring substituents is 1. The topological polar surface area (TPSA) is 76.7 Å². The third-order valence-electron chi connectivity index (χ3n) is 3.52. The lowest BCUT2D eigenvalue weighted by Gasteiger charge is -2.14. The zero-order valence-electron chi connectivity index (χ0n) is 13.2. The van der Waals surface area contributed by atoms with E-state index in [1.54, 1.807) is 19.1 Å². The van der Waals surface area contributed by atoms with E-state index in [0.717, 1.165) is 10.5 Å². The molecular formula is C17H20N3O3+. The highest BCUT2D eigenvalue weighted by Crippen LogP contribution is 2.27. The third kappa shape index (κ3) is 4.62. The molecule has 0 heterocycles. The Kier molecular flexibility index (Phi) is 5.43. The van der Waals surface area contributed by atoms with Gasteiger partial charge in [-0.05, 0) is 12.5 Å². The van der Waals surface area contributed by atoms with Crippen molar-refractivity contribution in [3.8, 4) is 0 Å². The Balaban J connectivity index is 2.01. The van der Waals surface area contributed by atoms with E-state index >= 15 is 0 Å². The fraction of sp³-hybridized carbons (Fsp3) is 0.235. The molecule has 0 aliphatic heterocycles. The second-order valence-electron chi connectivity index (χ2n) is 5.57. The van der Waals surface area contributed by atoms with E-state index < -0.39 is 4.92 Å². The van der Waals surface area contributed by atoms with Crippen LogP contribution >= 0.6 is 0 Å². The standard InChI is InChI=1S/C17H19N3O3/c1-13-7-6-10-15(20(22)23)17(13)18-16(21)12-19(2)11-14-8-4-3-5-9-14/h3-10H,11-12H2,1-2H3,(H,18,21)/p+1. The molecule has 0 saturated heterocycles. The average Bonchev–Trinajstić information content (AvgIpc) is 2.49. The van der Waals surface area contributed by atoms with E-state index in [9.17, 15) is 14.9 Å². The van der Waals surface area contributed by atoms with Gasteiger partial charge >= 0.3 is 0 Å². The van der Waals surface area contributed by atoms with Crippen LogP contribution in [0, 0.1) is 17.0 Å². The minimum Gasteiger partial charge on any atom is -0.326 e. The maximum atomic E-state index is 12.2. The lowest BCUT2D eigenvalue weighted by atomic mass is 10.1. The Labute approximate surface area is 134 Å². The quantitative estimate of drug-likeness (QED) is 0.627. The van der Waals surface area contributed by atoms with Gasteiger partial charge in [-0.1, -0.05) is 42.5 Å². The van der Waals surface area contributed by atoms with Crippen LogP contribution in [0.2, 0.25) is 0 Å². The van der Waals surface area contributed by atoms with Crippen molar-refractivity contribution in [3.05, 3.63) is 69.8 Å². The molecule has 2 aromatic carbocycles. The molecule has 0 aliphatic rings. The highest BCUT2D eigenvalue weighted by atomic mass is 16.6. The second kappa shape index (κ2) is 7.51. The molecular weight excluding hydrogens is 294 g/mol. The number of hydrogen-bond acceptors (Lipinski definition) is 3. The monoisotopic (exact) mass is 314 g/mol. The minimum atomic E-state index is -0.483. The van der Waals surface area contributed by atoms with Gasteiger partial charge in [0.2, 0.25) is 0 Å². The number of amides is 1. The van der Waals surface area contributed by atoms with Crippen molar-refractivity contribution in [3.63, 3.8) is 0 Å². The first kappa shape index (κ1) is 16.6. The molecule has 0 bridgehead atoms. The van der Waals surface area contributed by atoms with Gasteiger partial charge in [0.1, 0.15) is 12.2 Å². The number of nitrogens with one attached hydrogen (secondary N) is 2. The van der Waals surface area contributed by atoms with Gasteiger partial charge in [0.25, 0.3) is 11.6 Å². The van der Waals surface area contributed by atoms with Gasteiger partial charge in [0.15, 0.2) is 6.54 Å². The number of rotatable bonds is 6. The number of carbonyl (C=O) groups is 1. The van der Waals surface area contributed by atoms with E-state index in [4.69, 9.17) is 0 Å². The van der Waals surface area contributed by atoms with Gasteiger partial charge in [-0.2, -0.15) is 0 Å². The van der Waals surface area contributed by atoms with E-state index in [-0.39, 0.29) is 23.8 Å². The number of likely N-dealkylation sites (N-methyl/N-ethyl adjacent to an activating group) is 1. The van der Waals surface area contributed by atoms with Crippen molar-refractivity contribution in [2.75, 3.05) is 18.9 Å². The highest BCUT2D eigenvalue weighted by molar-refractivity contribution is 5.94. The van der Waals surface area contributed by atoms with E-state index in [2.05, 4.69) is 5.32 Å². The molecule has 0 saturated carbocycles. The number of para-hydroxylation sites is 1. The highest BCUT2D eigenvalue weighted by Gasteiger charge is 2.19. The van der Waals surface area contributed by atoms with Gasteiger partial charge in [-0.3, -0.25) is 14.9 Å². The summed E-state index contributed by atoms with van der Waals surface area (Å²) in [5, 5.41) is 13.7. The molecule has 0 aromatic heterocycles. The Bertz CT molecular complexity index is 701. The molecule has 1 atom stereocenters. The van der Waals surface area contributed by atoms with Crippen LogP contribution < -0.4 is 10.2 Å². The molecule has 2 rings (SSSR count). The number of aryl methyl sites for hydroxylation is 1. The maximum Gasteiger partial charge on any atom is 0.293 e. The summed E-state index contributed by atoms with van der Waals surface area (Å²) in [6.45, 7) is 2.69. The summed E-state index contributed by atoms with van der Waals surface area (Å²) in [6.07, 6.45) is 0. The zero-order chi connectivity index (χ0) is 16.8. The number of carbonyl (C=O) groups excluding carboxylic acids is 1. The van der Waals surface area contributed by atoms with Crippen LogP contribution in [-0.4, -0.2) is 24.4 Å². The number of hydrogen-bond donors (Lipinski definition) is 2. The first-order valence-electron chi connectivity index (χ1n) is 7.36. The van der Waals surface area contributed by atoms with Crippen LogP contribution in [0.3, 0.4) is 0 Å². The van der Waals surface area contributed by atoms with Crippen molar-refractivity contribution >= 4 is 17.3 Å². The van der Waals surface area contributed by atoms with Gasteiger partial charge in [-0.15, -0.1) is 0 Å². The van der Waals surface area contributed by atoms with Crippen LogP contribution in [0.15, 0.2) is 48.5 Å². The minimum absolute atomic E-state index is 0.0842.